The third kappa shape index (κ3) is 2.65. The topological polar surface area (TPSA) is 38.9 Å². The van der Waals surface area contributed by atoms with Crippen LogP contribution < -0.4 is 0 Å². The minimum Gasteiger partial charge on any atom is -0.421 e. The van der Waals surface area contributed by atoms with Crippen LogP contribution in [0.5, 0.6) is 0 Å². The third-order valence-corrected chi connectivity index (χ3v) is 2.57. The van der Waals surface area contributed by atoms with E-state index < -0.39 is 0 Å². The number of benzene rings is 1. The molecule has 2 aromatic rings. The van der Waals surface area contributed by atoms with E-state index in [-0.39, 0.29) is 0 Å². The van der Waals surface area contributed by atoms with E-state index in [9.17, 15) is 0 Å². The second kappa shape index (κ2) is 5.07. The first kappa shape index (κ1) is 10.4. The van der Waals surface area contributed by atoms with Crippen LogP contribution in [0.15, 0.2) is 34.7 Å². The van der Waals surface area contributed by atoms with Crippen LogP contribution in [0, 0.1) is 0 Å². The molecule has 4 heteroatoms. The van der Waals surface area contributed by atoms with E-state index >= 15 is 0 Å². The first-order valence-electron chi connectivity index (χ1n) is 4.84. The Labute approximate surface area is 96.7 Å². The van der Waals surface area contributed by atoms with Gasteiger partial charge in [0.25, 0.3) is 0 Å². The number of aromatic nitrogens is 2. The van der Waals surface area contributed by atoms with E-state index in [1.165, 1.54) is 0 Å². The molecule has 1 heterocycles. The molecular formula is C11H11BrN2O. The summed E-state index contributed by atoms with van der Waals surface area (Å²) in [6.07, 6.45) is 1.83. The smallest absolute Gasteiger partial charge is 0.247 e. The lowest BCUT2D eigenvalue weighted by Crippen LogP contribution is -1.85. The molecule has 78 valence electrons. The molecule has 0 radical (unpaired) electrons. The predicted molar refractivity (Wildman–Crippen MR) is 61.8 cm³/mol. The summed E-state index contributed by atoms with van der Waals surface area (Å²) >= 11 is 3.37. The fourth-order valence-electron chi connectivity index (χ4n) is 1.27. The van der Waals surface area contributed by atoms with Gasteiger partial charge in [-0.15, -0.1) is 10.2 Å². The van der Waals surface area contributed by atoms with Crippen LogP contribution in [0.3, 0.4) is 0 Å². The number of alkyl halides is 1. The molecule has 0 saturated carbocycles. The summed E-state index contributed by atoms with van der Waals surface area (Å²) in [7, 11) is 0. The maximum Gasteiger partial charge on any atom is 0.247 e. The van der Waals surface area contributed by atoms with Gasteiger partial charge >= 0.3 is 0 Å². The van der Waals surface area contributed by atoms with Crippen molar-refractivity contribution in [3.63, 3.8) is 0 Å². The molecule has 0 aliphatic heterocycles. The standard InChI is InChI=1S/C11H11BrN2O/c12-8-4-7-10-13-14-11(15-10)9-5-2-1-3-6-9/h1-3,5-6H,4,7-8H2. The second-order valence-corrected chi connectivity index (χ2v) is 3.95. The van der Waals surface area contributed by atoms with E-state index in [0.717, 1.165) is 23.7 Å². The molecule has 15 heavy (non-hydrogen) atoms. The molecule has 0 bridgehead atoms. The second-order valence-electron chi connectivity index (χ2n) is 3.16. The number of hydrogen-bond acceptors (Lipinski definition) is 3. The van der Waals surface area contributed by atoms with Crippen LogP contribution in [0.2, 0.25) is 0 Å². The van der Waals surface area contributed by atoms with E-state index in [4.69, 9.17) is 4.42 Å². The Kier molecular flexibility index (Phi) is 3.50. The van der Waals surface area contributed by atoms with Crippen LogP contribution in [0.1, 0.15) is 12.3 Å². The molecule has 0 aliphatic rings. The van der Waals surface area contributed by atoms with Crippen molar-refractivity contribution in [3.05, 3.63) is 36.2 Å². The number of nitrogens with zero attached hydrogens (tertiary/aromatic N) is 2. The van der Waals surface area contributed by atoms with E-state index in [1.807, 2.05) is 30.3 Å². The highest BCUT2D eigenvalue weighted by Gasteiger charge is 2.06. The van der Waals surface area contributed by atoms with Gasteiger partial charge in [-0.05, 0) is 18.6 Å². The molecule has 0 atom stereocenters. The highest BCUT2D eigenvalue weighted by molar-refractivity contribution is 9.09. The highest BCUT2D eigenvalue weighted by Crippen LogP contribution is 2.17. The van der Waals surface area contributed by atoms with Gasteiger partial charge in [0, 0.05) is 17.3 Å². The van der Waals surface area contributed by atoms with Crippen molar-refractivity contribution in [3.8, 4) is 11.5 Å². The van der Waals surface area contributed by atoms with Crippen LogP contribution in [0.4, 0.5) is 0 Å². The first-order valence-corrected chi connectivity index (χ1v) is 5.96. The van der Waals surface area contributed by atoms with Crippen LogP contribution in [0.25, 0.3) is 11.5 Å². The Balaban J connectivity index is 2.14. The Morgan fingerprint density at radius 3 is 2.67 bits per heavy atom. The van der Waals surface area contributed by atoms with Crippen molar-refractivity contribution < 1.29 is 4.42 Å². The zero-order valence-corrected chi connectivity index (χ0v) is 9.77. The van der Waals surface area contributed by atoms with Crippen molar-refractivity contribution in [2.75, 3.05) is 5.33 Å². The molecule has 0 amide bonds. The van der Waals surface area contributed by atoms with Crippen molar-refractivity contribution in [2.24, 2.45) is 0 Å². The van der Waals surface area contributed by atoms with Gasteiger partial charge < -0.3 is 4.42 Å². The Bertz CT molecular complexity index is 414. The molecule has 2 rings (SSSR count). The summed E-state index contributed by atoms with van der Waals surface area (Å²) in [5.74, 6) is 1.30. The fourth-order valence-corrected chi connectivity index (χ4v) is 1.55. The van der Waals surface area contributed by atoms with Gasteiger partial charge in [0.1, 0.15) is 0 Å². The molecule has 0 unspecified atom stereocenters. The maximum atomic E-state index is 5.53. The summed E-state index contributed by atoms with van der Waals surface area (Å²) in [4.78, 5) is 0. The summed E-state index contributed by atoms with van der Waals surface area (Å²) in [6.45, 7) is 0. The largest absolute Gasteiger partial charge is 0.421 e. The van der Waals surface area contributed by atoms with Crippen LogP contribution >= 0.6 is 15.9 Å². The zero-order valence-electron chi connectivity index (χ0n) is 8.19. The van der Waals surface area contributed by atoms with Gasteiger partial charge in [-0.1, -0.05) is 34.1 Å². The summed E-state index contributed by atoms with van der Waals surface area (Å²) in [5.41, 5.74) is 0.968. The summed E-state index contributed by atoms with van der Waals surface area (Å²) in [5, 5.41) is 8.95. The quantitative estimate of drug-likeness (QED) is 0.799. The Morgan fingerprint density at radius 1 is 1.13 bits per heavy atom. The van der Waals surface area contributed by atoms with E-state index in [2.05, 4.69) is 26.1 Å². The maximum absolute atomic E-state index is 5.53. The highest BCUT2D eigenvalue weighted by atomic mass is 79.9. The van der Waals surface area contributed by atoms with Gasteiger partial charge in [-0.25, -0.2) is 0 Å². The van der Waals surface area contributed by atoms with Gasteiger partial charge in [0.2, 0.25) is 11.8 Å². The molecule has 1 aromatic carbocycles. The van der Waals surface area contributed by atoms with Crippen molar-refractivity contribution in [1.29, 1.82) is 0 Å². The first-order chi connectivity index (χ1) is 7.40. The average Bonchev–Trinajstić information content (AvgIpc) is 2.76. The summed E-state index contributed by atoms with van der Waals surface area (Å²) in [6, 6.07) is 9.80. The molecule has 0 fully saturated rings. The molecule has 0 N–H and O–H groups in total. The molecule has 0 aliphatic carbocycles. The van der Waals surface area contributed by atoms with E-state index in [0.29, 0.717) is 11.8 Å². The van der Waals surface area contributed by atoms with Gasteiger partial charge in [0.15, 0.2) is 0 Å². The van der Waals surface area contributed by atoms with Crippen molar-refractivity contribution >= 4 is 15.9 Å². The summed E-state index contributed by atoms with van der Waals surface area (Å²) < 4.78 is 5.53. The van der Waals surface area contributed by atoms with Crippen LogP contribution in [-0.2, 0) is 6.42 Å². The Morgan fingerprint density at radius 2 is 1.93 bits per heavy atom. The Hall–Kier alpha value is -1.16. The fraction of sp³-hybridized carbons (Fsp3) is 0.273. The van der Waals surface area contributed by atoms with E-state index in [1.54, 1.807) is 0 Å². The molecule has 1 aromatic heterocycles. The normalized spacial score (nSPS) is 10.5. The minimum absolute atomic E-state index is 0.597. The van der Waals surface area contributed by atoms with Crippen molar-refractivity contribution in [2.45, 2.75) is 12.8 Å². The predicted octanol–water partition coefficient (Wildman–Crippen LogP) is 3.06. The third-order valence-electron chi connectivity index (χ3n) is 2.01. The lowest BCUT2D eigenvalue weighted by Gasteiger charge is -1.92. The van der Waals surface area contributed by atoms with Gasteiger partial charge in [0.05, 0.1) is 0 Å². The average molecular weight is 267 g/mol. The molecule has 3 nitrogen and oxygen atoms in total. The number of halogens is 1. The zero-order chi connectivity index (χ0) is 10.5. The number of rotatable bonds is 4. The lowest BCUT2D eigenvalue weighted by molar-refractivity contribution is 0.503. The minimum atomic E-state index is 0.597. The molecule has 0 saturated heterocycles. The van der Waals surface area contributed by atoms with Crippen molar-refractivity contribution in [1.82, 2.24) is 10.2 Å². The molecular weight excluding hydrogens is 256 g/mol. The number of hydrogen-bond donors (Lipinski definition) is 0. The number of aryl methyl sites for hydroxylation is 1. The van der Waals surface area contributed by atoms with Crippen LogP contribution in [-0.4, -0.2) is 15.5 Å². The molecule has 0 spiro atoms. The monoisotopic (exact) mass is 266 g/mol. The SMILES string of the molecule is BrCCCc1nnc(-c2ccccc2)o1. The lowest BCUT2D eigenvalue weighted by atomic mass is 10.2. The van der Waals surface area contributed by atoms with Gasteiger partial charge in [-0.3, -0.25) is 0 Å². The van der Waals surface area contributed by atoms with Gasteiger partial charge in [-0.2, -0.15) is 0 Å².